The van der Waals surface area contributed by atoms with Crippen LogP contribution in [0, 0.1) is 0 Å². The van der Waals surface area contributed by atoms with Gasteiger partial charge < -0.3 is 37.5 Å². The molecule has 0 radical (unpaired) electrons. The number of ether oxygens (including phenoxy) is 2. The quantitative estimate of drug-likeness (QED) is 0.116. The van der Waals surface area contributed by atoms with Gasteiger partial charge in [-0.25, -0.2) is 4.79 Å². The van der Waals surface area contributed by atoms with Gasteiger partial charge in [0.05, 0.1) is 11.0 Å². The second kappa shape index (κ2) is 10.9. The monoisotopic (exact) mass is 606 g/mol. The lowest BCUT2D eigenvalue weighted by molar-refractivity contribution is 0.0697. The van der Waals surface area contributed by atoms with Crippen LogP contribution in [-0.2, 0) is 5.41 Å². The molecule has 6 aromatic carbocycles. The number of nitrogen functional groups attached to an aromatic ring is 4. The molecule has 0 unspecified atom stereocenters. The summed E-state index contributed by atoms with van der Waals surface area (Å²) in [4.78, 5) is 12.7. The Morgan fingerprint density at radius 3 is 1.54 bits per heavy atom. The van der Waals surface area contributed by atoms with Crippen LogP contribution in [0.3, 0.4) is 0 Å². The molecule has 0 fully saturated rings. The number of fused-ring (bicyclic) bond motifs is 3. The predicted octanol–water partition coefficient (Wildman–Crippen LogP) is 7.66. The average Bonchev–Trinajstić information content (AvgIpc) is 3.33. The van der Waals surface area contributed by atoms with Gasteiger partial charge in [-0.1, -0.05) is 30.3 Å². The Morgan fingerprint density at radius 2 is 1.02 bits per heavy atom. The van der Waals surface area contributed by atoms with E-state index < -0.39 is 11.4 Å². The van der Waals surface area contributed by atoms with Gasteiger partial charge in [0.1, 0.15) is 23.0 Å². The normalized spacial score (nSPS) is 12.6. The Morgan fingerprint density at radius 1 is 0.522 bits per heavy atom. The number of carboxylic acids is 1. The number of anilines is 4. The fourth-order valence-electron chi connectivity index (χ4n) is 6.37. The van der Waals surface area contributed by atoms with Crippen molar-refractivity contribution in [1.29, 1.82) is 0 Å². The lowest BCUT2D eigenvalue weighted by Gasteiger charge is -2.34. The van der Waals surface area contributed by atoms with E-state index in [0.29, 0.717) is 56.9 Å². The highest BCUT2D eigenvalue weighted by molar-refractivity contribution is 6.03. The maximum Gasteiger partial charge on any atom is 0.336 e. The van der Waals surface area contributed by atoms with E-state index in [1.54, 1.807) is 54.6 Å². The summed E-state index contributed by atoms with van der Waals surface area (Å²) < 4.78 is 12.6. The van der Waals surface area contributed by atoms with Gasteiger partial charge >= 0.3 is 5.97 Å². The van der Waals surface area contributed by atoms with Crippen LogP contribution in [-0.4, -0.2) is 11.1 Å². The van der Waals surface area contributed by atoms with E-state index in [-0.39, 0.29) is 5.56 Å². The predicted molar refractivity (Wildman–Crippen MR) is 181 cm³/mol. The maximum absolute atomic E-state index is 12.7. The van der Waals surface area contributed by atoms with E-state index >= 15 is 0 Å². The van der Waals surface area contributed by atoms with Gasteiger partial charge in [0.2, 0.25) is 0 Å². The second-order valence-electron chi connectivity index (χ2n) is 11.2. The third kappa shape index (κ3) is 4.78. The van der Waals surface area contributed by atoms with Crippen molar-refractivity contribution in [1.82, 2.24) is 0 Å². The molecule has 6 aromatic rings. The zero-order chi connectivity index (χ0) is 32.0. The van der Waals surface area contributed by atoms with Gasteiger partial charge in [0.25, 0.3) is 0 Å². The lowest BCUT2D eigenvalue weighted by atomic mass is 9.67. The first-order valence-corrected chi connectivity index (χ1v) is 14.6. The van der Waals surface area contributed by atoms with Crippen molar-refractivity contribution in [3.8, 4) is 34.1 Å². The largest absolute Gasteiger partial charge is 0.478 e. The summed E-state index contributed by atoms with van der Waals surface area (Å²) in [6.45, 7) is 0. The second-order valence-corrected chi connectivity index (χ2v) is 11.2. The SMILES string of the molecule is Nc1ccc(Oc2cccc(C3(c4cccc(Oc5ccc(N)cc5)c4)c4cc(N)ccc4-c4c(C(=O)O)cc(N)cc43)c2)cc1. The topological polar surface area (TPSA) is 160 Å². The molecule has 8 heteroatoms. The third-order valence-electron chi connectivity index (χ3n) is 8.28. The number of nitrogens with two attached hydrogens (primary N) is 4. The number of hydrogen-bond acceptors (Lipinski definition) is 7. The molecular weight excluding hydrogens is 576 g/mol. The molecule has 7 rings (SSSR count). The van der Waals surface area contributed by atoms with E-state index in [1.165, 1.54) is 6.07 Å². The van der Waals surface area contributed by atoms with Crippen molar-refractivity contribution in [3.05, 3.63) is 155 Å². The summed E-state index contributed by atoms with van der Waals surface area (Å²) in [5, 5.41) is 10.4. The van der Waals surface area contributed by atoms with E-state index in [0.717, 1.165) is 22.3 Å². The van der Waals surface area contributed by atoms with Gasteiger partial charge in [0.15, 0.2) is 0 Å². The fraction of sp³-hybridized carbons (Fsp3) is 0.0263. The van der Waals surface area contributed by atoms with Crippen LogP contribution in [0.2, 0.25) is 0 Å². The van der Waals surface area contributed by atoms with Crippen molar-refractivity contribution in [2.24, 2.45) is 0 Å². The Balaban J connectivity index is 1.51. The van der Waals surface area contributed by atoms with E-state index in [4.69, 9.17) is 32.4 Å². The highest BCUT2D eigenvalue weighted by atomic mass is 16.5. The Labute approximate surface area is 265 Å². The number of aromatic carboxylic acids is 1. The van der Waals surface area contributed by atoms with Crippen LogP contribution >= 0.6 is 0 Å². The zero-order valence-corrected chi connectivity index (χ0v) is 24.6. The van der Waals surface area contributed by atoms with Crippen molar-refractivity contribution in [3.63, 3.8) is 0 Å². The van der Waals surface area contributed by atoms with E-state index in [1.807, 2.05) is 66.7 Å². The van der Waals surface area contributed by atoms with Crippen LogP contribution in [0.1, 0.15) is 32.6 Å². The molecule has 1 aliphatic rings. The smallest absolute Gasteiger partial charge is 0.336 e. The van der Waals surface area contributed by atoms with Crippen LogP contribution < -0.4 is 32.4 Å². The minimum atomic E-state index is -1.08. The van der Waals surface area contributed by atoms with Crippen molar-refractivity contribution in [2.45, 2.75) is 5.41 Å². The molecular formula is C38H30N4O4. The van der Waals surface area contributed by atoms with Gasteiger partial charge in [0, 0.05) is 28.3 Å². The summed E-state index contributed by atoms with van der Waals surface area (Å²) in [5.41, 5.74) is 30.3. The Hall–Kier alpha value is -6.41. The lowest BCUT2D eigenvalue weighted by Crippen LogP contribution is -2.29. The highest BCUT2D eigenvalue weighted by Gasteiger charge is 2.48. The molecule has 0 amide bonds. The first-order valence-electron chi connectivity index (χ1n) is 14.6. The summed E-state index contributed by atoms with van der Waals surface area (Å²) in [5.74, 6) is 1.32. The molecule has 0 aromatic heterocycles. The fourth-order valence-corrected chi connectivity index (χ4v) is 6.37. The molecule has 1 aliphatic carbocycles. The van der Waals surface area contributed by atoms with Gasteiger partial charge in [-0.15, -0.1) is 0 Å². The molecule has 0 aliphatic heterocycles. The third-order valence-corrected chi connectivity index (χ3v) is 8.28. The van der Waals surface area contributed by atoms with Crippen molar-refractivity contribution >= 4 is 28.7 Å². The first kappa shape index (κ1) is 28.4. The molecule has 8 nitrogen and oxygen atoms in total. The van der Waals surface area contributed by atoms with Crippen LogP contribution in [0.5, 0.6) is 23.0 Å². The van der Waals surface area contributed by atoms with E-state index in [9.17, 15) is 9.90 Å². The summed E-state index contributed by atoms with van der Waals surface area (Å²) in [7, 11) is 0. The van der Waals surface area contributed by atoms with Gasteiger partial charge in [-0.2, -0.15) is 0 Å². The summed E-state index contributed by atoms with van der Waals surface area (Å²) >= 11 is 0. The molecule has 0 bridgehead atoms. The van der Waals surface area contributed by atoms with Gasteiger partial charge in [-0.3, -0.25) is 0 Å². The highest BCUT2D eigenvalue weighted by Crippen LogP contribution is 2.58. The van der Waals surface area contributed by atoms with E-state index in [2.05, 4.69) is 0 Å². The summed E-state index contributed by atoms with van der Waals surface area (Å²) in [6.07, 6.45) is 0. The molecule has 0 saturated heterocycles. The molecule has 0 heterocycles. The first-order chi connectivity index (χ1) is 22.2. The number of carboxylic acid groups (broad SMARTS) is 1. The maximum atomic E-state index is 12.7. The van der Waals surface area contributed by atoms with Crippen LogP contribution in [0.15, 0.2) is 127 Å². The molecule has 9 N–H and O–H groups in total. The Kier molecular flexibility index (Phi) is 6.75. The van der Waals surface area contributed by atoms with Crippen LogP contribution in [0.4, 0.5) is 22.7 Å². The summed E-state index contributed by atoms with van der Waals surface area (Å²) in [6, 6.07) is 38.7. The standard InChI is InChI=1S/C38H30N4O4/c39-24-7-12-28(13-8-24)45-30-5-1-3-22(17-30)38(23-4-2-6-31(18-23)46-29-14-9-25(40)10-15-29)34-20-26(41)11-16-32(34)36-33(37(43)44)19-27(42)21-35(36)38/h1-21H,39-42H2,(H,43,44). The van der Waals surface area contributed by atoms with Crippen molar-refractivity contribution in [2.75, 3.05) is 22.9 Å². The zero-order valence-electron chi connectivity index (χ0n) is 24.6. The Bertz CT molecular complexity index is 2030. The number of benzene rings is 6. The molecule has 0 atom stereocenters. The molecule has 226 valence electrons. The molecule has 0 saturated carbocycles. The molecule has 46 heavy (non-hydrogen) atoms. The number of rotatable bonds is 7. The number of hydrogen-bond donors (Lipinski definition) is 5. The average molecular weight is 607 g/mol. The minimum Gasteiger partial charge on any atom is -0.478 e. The minimum absolute atomic E-state index is 0.103. The van der Waals surface area contributed by atoms with Gasteiger partial charge in [-0.05, 0) is 125 Å². The molecule has 0 spiro atoms. The van der Waals surface area contributed by atoms with Crippen LogP contribution in [0.25, 0.3) is 11.1 Å². The number of carbonyl (C=O) groups is 1. The van der Waals surface area contributed by atoms with Crippen molar-refractivity contribution < 1.29 is 19.4 Å².